The third-order valence-corrected chi connectivity index (χ3v) is 4.07. The Morgan fingerprint density at radius 1 is 1.19 bits per heavy atom. The Labute approximate surface area is 125 Å². The van der Waals surface area contributed by atoms with E-state index in [0.717, 1.165) is 43.7 Å². The Balaban J connectivity index is 1.93. The number of carbonyl (C=O) groups excluding carboxylic acids is 3. The second kappa shape index (κ2) is 6.91. The predicted octanol–water partition coefficient (Wildman–Crippen LogP) is 1.36. The minimum atomic E-state index is -0.477. The third-order valence-electron chi connectivity index (χ3n) is 4.07. The van der Waals surface area contributed by atoms with Gasteiger partial charge in [-0.3, -0.25) is 14.5 Å². The SMILES string of the molecule is CC(C)CC1NC(=O)N(CC(=O)N2CCCCCC2)C1=O. The standard InChI is InChI=1S/C15H25N3O3/c1-11(2)9-12-14(20)18(15(21)16-12)10-13(19)17-7-5-3-4-6-8-17/h11-12H,3-10H2,1-2H3,(H,16,21). The molecule has 0 radical (unpaired) electrons. The first-order valence-corrected chi connectivity index (χ1v) is 7.88. The number of amides is 4. The number of nitrogens with zero attached hydrogens (tertiary/aromatic N) is 2. The molecule has 2 aliphatic rings. The quantitative estimate of drug-likeness (QED) is 0.796. The van der Waals surface area contributed by atoms with Gasteiger partial charge >= 0.3 is 6.03 Å². The van der Waals surface area contributed by atoms with E-state index in [1.54, 1.807) is 4.90 Å². The normalized spacial score (nSPS) is 23.5. The van der Waals surface area contributed by atoms with Crippen molar-refractivity contribution in [3.8, 4) is 0 Å². The summed E-state index contributed by atoms with van der Waals surface area (Å²) in [5.41, 5.74) is 0. The molecule has 1 unspecified atom stereocenters. The third kappa shape index (κ3) is 3.95. The summed E-state index contributed by atoms with van der Waals surface area (Å²) in [5, 5.41) is 2.67. The van der Waals surface area contributed by atoms with Crippen LogP contribution in [0.1, 0.15) is 46.0 Å². The molecule has 4 amide bonds. The summed E-state index contributed by atoms with van der Waals surface area (Å²) in [7, 11) is 0. The van der Waals surface area contributed by atoms with Gasteiger partial charge < -0.3 is 10.2 Å². The lowest BCUT2D eigenvalue weighted by molar-refractivity contribution is -0.137. The molecule has 118 valence electrons. The number of imide groups is 1. The van der Waals surface area contributed by atoms with Crippen molar-refractivity contribution in [2.75, 3.05) is 19.6 Å². The summed E-state index contributed by atoms with van der Waals surface area (Å²) < 4.78 is 0. The highest BCUT2D eigenvalue weighted by molar-refractivity contribution is 6.06. The number of hydrogen-bond donors (Lipinski definition) is 1. The van der Waals surface area contributed by atoms with E-state index in [9.17, 15) is 14.4 Å². The van der Waals surface area contributed by atoms with E-state index in [0.29, 0.717) is 12.3 Å². The molecule has 0 bridgehead atoms. The molecule has 6 nitrogen and oxygen atoms in total. The number of rotatable bonds is 4. The summed E-state index contributed by atoms with van der Waals surface area (Å²) in [4.78, 5) is 39.2. The van der Waals surface area contributed by atoms with Crippen molar-refractivity contribution < 1.29 is 14.4 Å². The monoisotopic (exact) mass is 295 g/mol. The second-order valence-electron chi connectivity index (χ2n) is 6.35. The first-order chi connectivity index (χ1) is 9.99. The Bertz CT molecular complexity index is 414. The van der Waals surface area contributed by atoms with Gasteiger partial charge in [-0.05, 0) is 25.2 Å². The van der Waals surface area contributed by atoms with Gasteiger partial charge in [0, 0.05) is 13.1 Å². The summed E-state index contributed by atoms with van der Waals surface area (Å²) in [6, 6.07) is -0.914. The Hall–Kier alpha value is -1.59. The van der Waals surface area contributed by atoms with Crippen molar-refractivity contribution in [2.24, 2.45) is 5.92 Å². The second-order valence-corrected chi connectivity index (χ2v) is 6.35. The average Bonchev–Trinajstić information content (AvgIpc) is 2.66. The lowest BCUT2D eigenvalue weighted by Gasteiger charge is -2.22. The molecule has 0 spiro atoms. The summed E-state index contributed by atoms with van der Waals surface area (Å²) in [6.07, 6.45) is 4.90. The topological polar surface area (TPSA) is 69.7 Å². The van der Waals surface area contributed by atoms with Crippen molar-refractivity contribution in [1.29, 1.82) is 0 Å². The Morgan fingerprint density at radius 2 is 1.81 bits per heavy atom. The van der Waals surface area contributed by atoms with E-state index >= 15 is 0 Å². The Morgan fingerprint density at radius 3 is 2.38 bits per heavy atom. The van der Waals surface area contributed by atoms with Gasteiger partial charge in [0.05, 0.1) is 0 Å². The van der Waals surface area contributed by atoms with Gasteiger partial charge in [-0.1, -0.05) is 26.7 Å². The molecular weight excluding hydrogens is 270 g/mol. The minimum Gasteiger partial charge on any atom is -0.341 e. The number of nitrogens with one attached hydrogen (secondary N) is 1. The van der Waals surface area contributed by atoms with Crippen molar-refractivity contribution in [3.05, 3.63) is 0 Å². The van der Waals surface area contributed by atoms with E-state index in [1.807, 2.05) is 13.8 Å². The van der Waals surface area contributed by atoms with Gasteiger partial charge in [0.2, 0.25) is 5.91 Å². The fourth-order valence-electron chi connectivity index (χ4n) is 2.91. The van der Waals surface area contributed by atoms with Crippen LogP contribution in [0.15, 0.2) is 0 Å². The molecule has 2 fully saturated rings. The van der Waals surface area contributed by atoms with E-state index in [4.69, 9.17) is 0 Å². The summed E-state index contributed by atoms with van der Waals surface area (Å²) >= 11 is 0. The van der Waals surface area contributed by atoms with Crippen LogP contribution < -0.4 is 5.32 Å². The molecule has 2 saturated heterocycles. The summed E-state index contributed by atoms with van der Waals surface area (Å²) in [5.74, 6) is -0.0667. The van der Waals surface area contributed by atoms with E-state index < -0.39 is 12.1 Å². The maximum Gasteiger partial charge on any atom is 0.325 e. The van der Waals surface area contributed by atoms with E-state index in [-0.39, 0.29) is 18.4 Å². The smallest absolute Gasteiger partial charge is 0.325 e. The molecular formula is C15H25N3O3. The molecule has 0 aromatic heterocycles. The molecule has 1 atom stereocenters. The van der Waals surface area contributed by atoms with Crippen molar-refractivity contribution in [2.45, 2.75) is 52.0 Å². The molecule has 2 heterocycles. The van der Waals surface area contributed by atoms with Gasteiger partial charge in [-0.15, -0.1) is 0 Å². The highest BCUT2D eigenvalue weighted by Gasteiger charge is 2.39. The zero-order chi connectivity index (χ0) is 15.4. The minimum absolute atomic E-state index is 0.120. The molecule has 0 aromatic carbocycles. The van der Waals surface area contributed by atoms with Crippen LogP contribution in [-0.2, 0) is 9.59 Å². The van der Waals surface area contributed by atoms with E-state index in [1.165, 1.54) is 0 Å². The lowest BCUT2D eigenvalue weighted by atomic mass is 10.0. The highest BCUT2D eigenvalue weighted by atomic mass is 16.2. The molecule has 2 rings (SSSR count). The largest absolute Gasteiger partial charge is 0.341 e. The van der Waals surface area contributed by atoms with Gasteiger partial charge in [0.15, 0.2) is 0 Å². The molecule has 1 N–H and O–H groups in total. The maximum absolute atomic E-state index is 12.3. The van der Waals surface area contributed by atoms with Crippen LogP contribution in [0, 0.1) is 5.92 Å². The number of likely N-dealkylation sites (tertiary alicyclic amines) is 1. The first kappa shape index (κ1) is 15.8. The predicted molar refractivity (Wildman–Crippen MR) is 78.5 cm³/mol. The molecule has 6 heteroatoms. The van der Waals surface area contributed by atoms with Gasteiger partial charge in [0.25, 0.3) is 5.91 Å². The first-order valence-electron chi connectivity index (χ1n) is 7.88. The number of carbonyl (C=O) groups is 3. The van der Waals surface area contributed by atoms with Crippen LogP contribution in [0.3, 0.4) is 0 Å². The van der Waals surface area contributed by atoms with Crippen LogP contribution in [-0.4, -0.2) is 53.3 Å². The molecule has 0 saturated carbocycles. The zero-order valence-electron chi connectivity index (χ0n) is 12.9. The molecule has 21 heavy (non-hydrogen) atoms. The van der Waals surface area contributed by atoms with Gasteiger partial charge in [-0.25, -0.2) is 4.79 Å². The maximum atomic E-state index is 12.3. The number of urea groups is 1. The molecule has 0 aromatic rings. The van der Waals surface area contributed by atoms with Crippen molar-refractivity contribution in [1.82, 2.24) is 15.1 Å². The van der Waals surface area contributed by atoms with E-state index in [2.05, 4.69) is 5.32 Å². The van der Waals surface area contributed by atoms with Crippen LogP contribution >= 0.6 is 0 Å². The van der Waals surface area contributed by atoms with Crippen LogP contribution in [0.2, 0.25) is 0 Å². The lowest BCUT2D eigenvalue weighted by Crippen LogP contribution is -2.43. The van der Waals surface area contributed by atoms with Gasteiger partial charge in [0.1, 0.15) is 12.6 Å². The summed E-state index contributed by atoms with van der Waals surface area (Å²) in [6.45, 7) is 5.35. The number of hydrogen-bond acceptors (Lipinski definition) is 3. The van der Waals surface area contributed by atoms with Gasteiger partial charge in [-0.2, -0.15) is 0 Å². The Kier molecular flexibility index (Phi) is 5.20. The highest BCUT2D eigenvalue weighted by Crippen LogP contribution is 2.15. The average molecular weight is 295 g/mol. The fourth-order valence-corrected chi connectivity index (χ4v) is 2.91. The van der Waals surface area contributed by atoms with Crippen LogP contribution in [0.5, 0.6) is 0 Å². The van der Waals surface area contributed by atoms with Crippen LogP contribution in [0.4, 0.5) is 4.79 Å². The molecule has 0 aliphatic carbocycles. The van der Waals surface area contributed by atoms with Crippen molar-refractivity contribution >= 4 is 17.8 Å². The molecule has 2 aliphatic heterocycles. The zero-order valence-corrected chi connectivity index (χ0v) is 12.9. The fraction of sp³-hybridized carbons (Fsp3) is 0.800. The van der Waals surface area contributed by atoms with Crippen LogP contribution in [0.25, 0.3) is 0 Å². The van der Waals surface area contributed by atoms with Crippen molar-refractivity contribution in [3.63, 3.8) is 0 Å².